The summed E-state index contributed by atoms with van der Waals surface area (Å²) in [5, 5.41) is 27.2. The Kier molecular flexibility index (Phi) is 18.2. The van der Waals surface area contributed by atoms with Crippen LogP contribution >= 0.6 is 0 Å². The molecule has 37 heavy (non-hydrogen) atoms. The van der Waals surface area contributed by atoms with E-state index in [4.69, 9.17) is 19.7 Å². The third-order valence-corrected chi connectivity index (χ3v) is 5.53. The van der Waals surface area contributed by atoms with Gasteiger partial charge in [0.05, 0.1) is 12.8 Å². The van der Waals surface area contributed by atoms with Crippen LogP contribution in [0.15, 0.2) is 24.3 Å². The quantitative estimate of drug-likeness (QED) is 0.0987. The van der Waals surface area contributed by atoms with Crippen LogP contribution in [0.25, 0.3) is 0 Å². The lowest BCUT2D eigenvalue weighted by molar-refractivity contribution is -0.193. The molecule has 3 N–H and O–H groups in total. The molecule has 0 aromatic heterocycles. The fraction of sp³-hybridized carbons (Fsp3) is 0.667. The Labute approximate surface area is 218 Å². The number of unbranched alkanes of at least 4 members (excludes halogenated alkanes) is 8. The highest BCUT2D eigenvalue weighted by molar-refractivity contribution is 5.91. The maximum Gasteiger partial charge on any atom is 0.349 e. The molecule has 0 aromatic carbocycles. The summed E-state index contributed by atoms with van der Waals surface area (Å²) >= 11 is 0. The summed E-state index contributed by atoms with van der Waals surface area (Å²) in [7, 11) is 0. The second-order valence-electron chi connectivity index (χ2n) is 8.97. The van der Waals surface area contributed by atoms with Gasteiger partial charge in [0.2, 0.25) is 5.60 Å². The molecule has 0 heterocycles. The van der Waals surface area contributed by atoms with Crippen LogP contribution in [-0.4, -0.2) is 56.9 Å². The van der Waals surface area contributed by atoms with E-state index in [1.54, 1.807) is 0 Å². The van der Waals surface area contributed by atoms with Crippen molar-refractivity contribution in [2.45, 2.75) is 115 Å². The number of aliphatic carboxylic acids is 3. The number of carbonyl (C=O) groups is 5. The zero-order chi connectivity index (χ0) is 28.1. The standard InChI is InChI=1S/C27H42O10/c1-3-4-5-6-7-8-9-10-11-12-13-14-15-16-17-18-24(32)36-21(2)25(33)37-27(26(34)35,19-22(28)29)20-23(30)31/h7-8,10-11,21H,3-6,9,12-20H2,1-2H3,(H,28,29)(H,30,31)(H,34,35)/b8-7-,11-10-. The topological polar surface area (TPSA) is 165 Å². The van der Waals surface area contributed by atoms with Gasteiger partial charge < -0.3 is 24.8 Å². The number of carboxylic acids is 3. The first kappa shape index (κ1) is 33.8. The molecule has 1 unspecified atom stereocenters. The van der Waals surface area contributed by atoms with Crippen molar-refractivity contribution in [1.29, 1.82) is 0 Å². The van der Waals surface area contributed by atoms with Crippen molar-refractivity contribution in [3.63, 3.8) is 0 Å². The number of allylic oxidation sites excluding steroid dienone is 4. The van der Waals surface area contributed by atoms with E-state index < -0.39 is 54.4 Å². The molecule has 0 aliphatic heterocycles. The zero-order valence-electron chi connectivity index (χ0n) is 22.0. The molecule has 0 spiro atoms. The number of esters is 2. The van der Waals surface area contributed by atoms with Crippen LogP contribution in [0, 0.1) is 0 Å². The largest absolute Gasteiger partial charge is 0.481 e. The summed E-state index contributed by atoms with van der Waals surface area (Å²) in [5.41, 5.74) is -2.81. The van der Waals surface area contributed by atoms with Crippen LogP contribution in [-0.2, 0) is 33.4 Å². The fourth-order valence-corrected chi connectivity index (χ4v) is 3.48. The van der Waals surface area contributed by atoms with Gasteiger partial charge in [-0.1, -0.05) is 63.3 Å². The Balaban J connectivity index is 4.20. The van der Waals surface area contributed by atoms with Crippen LogP contribution in [0.2, 0.25) is 0 Å². The molecule has 0 bridgehead atoms. The smallest absolute Gasteiger partial charge is 0.349 e. The molecule has 0 rings (SSSR count). The second-order valence-corrected chi connectivity index (χ2v) is 8.97. The minimum absolute atomic E-state index is 0.0520. The van der Waals surface area contributed by atoms with E-state index in [0.29, 0.717) is 6.42 Å². The van der Waals surface area contributed by atoms with E-state index in [1.165, 1.54) is 19.3 Å². The lowest BCUT2D eigenvalue weighted by Gasteiger charge is -2.27. The summed E-state index contributed by atoms with van der Waals surface area (Å²) in [4.78, 5) is 57.8. The predicted molar refractivity (Wildman–Crippen MR) is 136 cm³/mol. The van der Waals surface area contributed by atoms with E-state index >= 15 is 0 Å². The molecule has 0 fully saturated rings. The molecule has 210 valence electrons. The molecule has 10 heteroatoms. The van der Waals surface area contributed by atoms with Gasteiger partial charge >= 0.3 is 29.8 Å². The van der Waals surface area contributed by atoms with Crippen molar-refractivity contribution >= 4 is 29.8 Å². The van der Waals surface area contributed by atoms with Crippen LogP contribution < -0.4 is 0 Å². The highest BCUT2D eigenvalue weighted by atomic mass is 16.6. The molecule has 0 radical (unpaired) electrons. The van der Waals surface area contributed by atoms with Gasteiger partial charge in [-0.3, -0.25) is 14.4 Å². The first-order valence-electron chi connectivity index (χ1n) is 12.9. The van der Waals surface area contributed by atoms with E-state index in [-0.39, 0.29) is 6.42 Å². The van der Waals surface area contributed by atoms with Crippen LogP contribution in [0.1, 0.15) is 104 Å². The summed E-state index contributed by atoms with van der Waals surface area (Å²) in [6.45, 7) is 3.34. The fourth-order valence-electron chi connectivity index (χ4n) is 3.48. The van der Waals surface area contributed by atoms with Crippen molar-refractivity contribution in [3.05, 3.63) is 24.3 Å². The minimum atomic E-state index is -2.81. The van der Waals surface area contributed by atoms with Gasteiger partial charge in [0.1, 0.15) is 0 Å². The maximum absolute atomic E-state index is 12.2. The number of carbonyl (C=O) groups excluding carboxylic acids is 2. The molecule has 0 aliphatic carbocycles. The summed E-state index contributed by atoms with van der Waals surface area (Å²) < 4.78 is 9.68. The molecule has 10 nitrogen and oxygen atoms in total. The number of rotatable bonds is 22. The third-order valence-electron chi connectivity index (χ3n) is 5.53. The Bertz CT molecular complexity index is 768. The van der Waals surface area contributed by atoms with Gasteiger partial charge in [-0.25, -0.2) is 9.59 Å². The van der Waals surface area contributed by atoms with Gasteiger partial charge in [-0.15, -0.1) is 0 Å². The molecule has 0 saturated carbocycles. The number of carboxylic acid groups (broad SMARTS) is 3. The zero-order valence-corrected chi connectivity index (χ0v) is 22.0. The predicted octanol–water partition coefficient (Wildman–Crippen LogP) is 5.05. The molecule has 0 saturated heterocycles. The SMILES string of the molecule is CCCCC/C=C\C/C=C\CCCCCCCC(=O)OC(C)C(=O)OC(CC(=O)O)(CC(=O)O)C(=O)O. The van der Waals surface area contributed by atoms with Gasteiger partial charge in [0.25, 0.3) is 0 Å². The highest BCUT2D eigenvalue weighted by Crippen LogP contribution is 2.23. The number of hydrogen-bond acceptors (Lipinski definition) is 7. The van der Waals surface area contributed by atoms with Crippen molar-refractivity contribution in [2.24, 2.45) is 0 Å². The lowest BCUT2D eigenvalue weighted by atomic mass is 9.95. The highest BCUT2D eigenvalue weighted by Gasteiger charge is 2.48. The van der Waals surface area contributed by atoms with Crippen molar-refractivity contribution in [3.8, 4) is 0 Å². The maximum atomic E-state index is 12.2. The van der Waals surface area contributed by atoms with Crippen molar-refractivity contribution < 1.29 is 48.8 Å². The summed E-state index contributed by atoms with van der Waals surface area (Å²) in [5.74, 6) is -7.27. The average molecular weight is 527 g/mol. The normalized spacial score (nSPS) is 12.5. The van der Waals surface area contributed by atoms with Crippen LogP contribution in [0.5, 0.6) is 0 Å². The van der Waals surface area contributed by atoms with Gasteiger partial charge in [0, 0.05) is 6.42 Å². The Morgan fingerprint density at radius 1 is 0.757 bits per heavy atom. The monoisotopic (exact) mass is 526 g/mol. The molecule has 0 amide bonds. The lowest BCUT2D eigenvalue weighted by Crippen LogP contribution is -2.48. The van der Waals surface area contributed by atoms with E-state index in [2.05, 4.69) is 31.2 Å². The van der Waals surface area contributed by atoms with Crippen LogP contribution in [0.3, 0.4) is 0 Å². The van der Waals surface area contributed by atoms with E-state index in [0.717, 1.165) is 51.9 Å². The Morgan fingerprint density at radius 3 is 1.78 bits per heavy atom. The number of ether oxygens (including phenoxy) is 2. The second kappa shape index (κ2) is 20.0. The Morgan fingerprint density at radius 2 is 1.27 bits per heavy atom. The van der Waals surface area contributed by atoms with E-state index in [1.807, 2.05) is 0 Å². The van der Waals surface area contributed by atoms with Crippen molar-refractivity contribution in [2.75, 3.05) is 0 Å². The van der Waals surface area contributed by atoms with Crippen molar-refractivity contribution in [1.82, 2.24) is 0 Å². The molecule has 0 aliphatic rings. The first-order chi connectivity index (χ1) is 17.5. The van der Waals surface area contributed by atoms with Crippen LogP contribution in [0.4, 0.5) is 0 Å². The van der Waals surface area contributed by atoms with Gasteiger partial charge in [0.15, 0.2) is 6.10 Å². The summed E-state index contributed by atoms with van der Waals surface area (Å²) in [6, 6.07) is 0. The molecular formula is C27H42O10. The number of hydrogen-bond donors (Lipinski definition) is 3. The molecular weight excluding hydrogens is 484 g/mol. The van der Waals surface area contributed by atoms with Gasteiger partial charge in [-0.05, 0) is 45.4 Å². The average Bonchev–Trinajstić information content (AvgIpc) is 2.80. The third kappa shape index (κ3) is 17.0. The van der Waals surface area contributed by atoms with Gasteiger partial charge in [-0.2, -0.15) is 0 Å². The first-order valence-corrected chi connectivity index (χ1v) is 12.9. The summed E-state index contributed by atoms with van der Waals surface area (Å²) in [6.07, 6.45) is 16.0. The molecule has 1 atom stereocenters. The minimum Gasteiger partial charge on any atom is -0.481 e. The Hall–Kier alpha value is -3.17. The van der Waals surface area contributed by atoms with E-state index in [9.17, 15) is 29.1 Å². The molecule has 0 aromatic rings.